The van der Waals surface area contributed by atoms with Gasteiger partial charge in [0.25, 0.3) is 0 Å². The van der Waals surface area contributed by atoms with E-state index in [0.717, 1.165) is 29.3 Å². The van der Waals surface area contributed by atoms with Gasteiger partial charge >= 0.3 is 0 Å². The van der Waals surface area contributed by atoms with Gasteiger partial charge in [-0.15, -0.1) is 0 Å². The molecule has 84 valence electrons. The fourth-order valence-electron chi connectivity index (χ4n) is 1.92. The van der Waals surface area contributed by atoms with Gasteiger partial charge in [0.1, 0.15) is 6.07 Å². The van der Waals surface area contributed by atoms with Crippen LogP contribution in [-0.2, 0) is 6.54 Å². The molecule has 2 rings (SSSR count). The average Bonchev–Trinajstić information content (AvgIpc) is 3.11. The van der Waals surface area contributed by atoms with Crippen LogP contribution in [0.4, 0.5) is 5.69 Å². The van der Waals surface area contributed by atoms with Crippen molar-refractivity contribution in [3.05, 3.63) is 29.3 Å². The van der Waals surface area contributed by atoms with E-state index in [1.165, 1.54) is 12.8 Å². The molecule has 0 unspecified atom stereocenters. The van der Waals surface area contributed by atoms with Crippen LogP contribution in [0.2, 0.25) is 0 Å². The van der Waals surface area contributed by atoms with Gasteiger partial charge in [-0.05, 0) is 36.5 Å². The first-order chi connectivity index (χ1) is 7.74. The first-order valence-electron chi connectivity index (χ1n) is 5.69. The molecular weight excluding hydrogens is 198 g/mol. The summed E-state index contributed by atoms with van der Waals surface area (Å²) in [4.78, 5) is 2.18. The summed E-state index contributed by atoms with van der Waals surface area (Å²) in [7, 11) is 2.05. The third kappa shape index (κ3) is 2.34. The number of nitrogens with two attached hydrogens (primary N) is 1. The molecule has 1 fully saturated rings. The monoisotopic (exact) mass is 215 g/mol. The Kier molecular flexibility index (Phi) is 3.12. The van der Waals surface area contributed by atoms with Crippen LogP contribution >= 0.6 is 0 Å². The number of rotatable bonds is 4. The molecule has 0 aromatic heterocycles. The second-order valence-electron chi connectivity index (χ2n) is 4.49. The normalized spacial score (nSPS) is 14.6. The molecule has 0 saturated heterocycles. The summed E-state index contributed by atoms with van der Waals surface area (Å²) in [5.41, 5.74) is 8.33. The van der Waals surface area contributed by atoms with Crippen molar-refractivity contribution in [3.63, 3.8) is 0 Å². The Labute approximate surface area is 96.5 Å². The lowest BCUT2D eigenvalue weighted by Crippen LogP contribution is -2.21. The standard InChI is InChI=1S/C13H17N3/c1-16(9-10-2-3-10)13-5-4-11(7-14)6-12(13)8-15/h4-6,10H,2-3,7,9,14H2,1H3. The van der Waals surface area contributed by atoms with E-state index in [0.29, 0.717) is 6.54 Å². The van der Waals surface area contributed by atoms with Crippen LogP contribution in [0.1, 0.15) is 24.0 Å². The van der Waals surface area contributed by atoms with Crippen LogP contribution < -0.4 is 10.6 Å². The summed E-state index contributed by atoms with van der Waals surface area (Å²) in [6.07, 6.45) is 2.65. The van der Waals surface area contributed by atoms with Gasteiger partial charge in [-0.25, -0.2) is 0 Å². The molecule has 1 aliphatic rings. The second kappa shape index (κ2) is 4.54. The molecule has 1 aromatic carbocycles. The van der Waals surface area contributed by atoms with E-state index >= 15 is 0 Å². The van der Waals surface area contributed by atoms with Crippen LogP contribution in [0, 0.1) is 17.2 Å². The van der Waals surface area contributed by atoms with Gasteiger partial charge < -0.3 is 10.6 Å². The third-order valence-corrected chi connectivity index (χ3v) is 3.06. The van der Waals surface area contributed by atoms with Gasteiger partial charge in [-0.2, -0.15) is 5.26 Å². The minimum absolute atomic E-state index is 0.487. The maximum absolute atomic E-state index is 9.12. The molecule has 0 radical (unpaired) electrons. The van der Waals surface area contributed by atoms with Crippen molar-refractivity contribution >= 4 is 5.69 Å². The zero-order valence-electron chi connectivity index (χ0n) is 9.61. The summed E-state index contributed by atoms with van der Waals surface area (Å²) >= 11 is 0. The lowest BCUT2D eigenvalue weighted by Gasteiger charge is -2.20. The molecule has 3 nitrogen and oxygen atoms in total. The van der Waals surface area contributed by atoms with Crippen molar-refractivity contribution in [1.29, 1.82) is 5.26 Å². The highest BCUT2D eigenvalue weighted by molar-refractivity contribution is 5.60. The number of nitriles is 1. The molecule has 0 bridgehead atoms. The highest BCUT2D eigenvalue weighted by atomic mass is 15.1. The molecule has 1 aromatic rings. The Morgan fingerprint density at radius 1 is 1.50 bits per heavy atom. The van der Waals surface area contributed by atoms with Crippen molar-refractivity contribution in [2.45, 2.75) is 19.4 Å². The quantitative estimate of drug-likeness (QED) is 0.834. The van der Waals surface area contributed by atoms with Crippen LogP contribution in [-0.4, -0.2) is 13.6 Å². The molecule has 0 atom stereocenters. The van der Waals surface area contributed by atoms with E-state index in [1.807, 2.05) is 18.2 Å². The van der Waals surface area contributed by atoms with Gasteiger partial charge in [0.2, 0.25) is 0 Å². The molecule has 0 amide bonds. The average molecular weight is 215 g/mol. The minimum Gasteiger partial charge on any atom is -0.373 e. The Hall–Kier alpha value is -1.53. The number of hydrogen-bond donors (Lipinski definition) is 1. The molecule has 0 aliphatic heterocycles. The first-order valence-corrected chi connectivity index (χ1v) is 5.69. The van der Waals surface area contributed by atoms with Crippen LogP contribution in [0.3, 0.4) is 0 Å². The molecular formula is C13H17N3. The predicted molar refractivity (Wildman–Crippen MR) is 65.0 cm³/mol. The summed E-state index contributed by atoms with van der Waals surface area (Å²) < 4.78 is 0. The van der Waals surface area contributed by atoms with Crippen molar-refractivity contribution in [2.75, 3.05) is 18.5 Å². The van der Waals surface area contributed by atoms with Gasteiger partial charge in [-0.3, -0.25) is 0 Å². The van der Waals surface area contributed by atoms with Crippen molar-refractivity contribution < 1.29 is 0 Å². The van der Waals surface area contributed by atoms with Crippen LogP contribution in [0.5, 0.6) is 0 Å². The number of benzene rings is 1. The van der Waals surface area contributed by atoms with Gasteiger partial charge in [0.05, 0.1) is 11.3 Å². The van der Waals surface area contributed by atoms with Gasteiger partial charge in [0, 0.05) is 20.1 Å². The van der Waals surface area contributed by atoms with Crippen molar-refractivity contribution in [1.82, 2.24) is 0 Å². The number of hydrogen-bond acceptors (Lipinski definition) is 3. The summed E-state index contributed by atoms with van der Waals surface area (Å²) in [5.74, 6) is 0.825. The SMILES string of the molecule is CN(CC1CC1)c1ccc(CN)cc1C#N. The van der Waals surface area contributed by atoms with E-state index < -0.39 is 0 Å². The smallest absolute Gasteiger partial charge is 0.101 e. The largest absolute Gasteiger partial charge is 0.373 e. The molecule has 3 heteroatoms. The zero-order chi connectivity index (χ0) is 11.5. The van der Waals surface area contributed by atoms with Crippen LogP contribution in [0.15, 0.2) is 18.2 Å². The molecule has 0 heterocycles. The number of anilines is 1. The molecule has 2 N–H and O–H groups in total. The van der Waals surface area contributed by atoms with Crippen molar-refractivity contribution in [3.8, 4) is 6.07 Å². The van der Waals surface area contributed by atoms with Gasteiger partial charge in [-0.1, -0.05) is 6.07 Å². The Bertz CT molecular complexity index is 416. The minimum atomic E-state index is 0.487. The maximum atomic E-state index is 9.12. The Morgan fingerprint density at radius 3 is 2.81 bits per heavy atom. The predicted octanol–water partition coefficient (Wildman–Crippen LogP) is 1.86. The molecule has 0 spiro atoms. The molecule has 1 saturated carbocycles. The van der Waals surface area contributed by atoms with Crippen LogP contribution in [0.25, 0.3) is 0 Å². The highest BCUT2D eigenvalue weighted by Crippen LogP contribution is 2.31. The topological polar surface area (TPSA) is 53.0 Å². The summed E-state index contributed by atoms with van der Waals surface area (Å²) in [6, 6.07) is 8.14. The molecule has 1 aliphatic carbocycles. The lowest BCUT2D eigenvalue weighted by molar-refractivity contribution is 0.786. The summed E-state index contributed by atoms with van der Waals surface area (Å²) in [6.45, 7) is 1.54. The summed E-state index contributed by atoms with van der Waals surface area (Å²) in [5, 5.41) is 9.12. The fraction of sp³-hybridized carbons (Fsp3) is 0.462. The van der Waals surface area contributed by atoms with E-state index in [-0.39, 0.29) is 0 Å². The number of nitrogens with zero attached hydrogens (tertiary/aromatic N) is 2. The Morgan fingerprint density at radius 2 is 2.25 bits per heavy atom. The van der Waals surface area contributed by atoms with E-state index in [2.05, 4.69) is 18.0 Å². The zero-order valence-corrected chi connectivity index (χ0v) is 9.61. The maximum Gasteiger partial charge on any atom is 0.101 e. The van der Waals surface area contributed by atoms with Crippen molar-refractivity contribution in [2.24, 2.45) is 11.7 Å². The second-order valence-corrected chi connectivity index (χ2v) is 4.49. The third-order valence-electron chi connectivity index (χ3n) is 3.06. The Balaban J connectivity index is 2.21. The lowest BCUT2D eigenvalue weighted by atomic mass is 10.1. The van der Waals surface area contributed by atoms with Gasteiger partial charge in [0.15, 0.2) is 0 Å². The fourth-order valence-corrected chi connectivity index (χ4v) is 1.92. The van der Waals surface area contributed by atoms with E-state index in [9.17, 15) is 0 Å². The first kappa shape index (κ1) is 11.0. The molecule has 16 heavy (non-hydrogen) atoms. The highest BCUT2D eigenvalue weighted by Gasteiger charge is 2.23. The van der Waals surface area contributed by atoms with E-state index in [4.69, 9.17) is 11.0 Å². The van der Waals surface area contributed by atoms with E-state index in [1.54, 1.807) is 0 Å².